The lowest BCUT2D eigenvalue weighted by Crippen LogP contribution is -2.32. The zero-order valence-corrected chi connectivity index (χ0v) is 10.3. The van der Waals surface area contributed by atoms with Crippen molar-refractivity contribution in [2.45, 2.75) is 20.3 Å². The number of amides is 1. The van der Waals surface area contributed by atoms with E-state index in [0.717, 1.165) is 0 Å². The minimum absolute atomic E-state index is 0.0722. The van der Waals surface area contributed by atoms with Gasteiger partial charge in [-0.2, -0.15) is 0 Å². The van der Waals surface area contributed by atoms with E-state index in [1.54, 1.807) is 30.0 Å². The number of carbonyl (C=O) groups is 1. The lowest BCUT2D eigenvalue weighted by Gasteiger charge is -2.21. The van der Waals surface area contributed by atoms with Crippen molar-refractivity contribution < 1.29 is 15.0 Å². The highest BCUT2D eigenvalue weighted by Crippen LogP contribution is 2.20. The first kappa shape index (κ1) is 13.5. The van der Waals surface area contributed by atoms with E-state index in [4.69, 9.17) is 5.11 Å². The van der Waals surface area contributed by atoms with Gasteiger partial charge in [0.25, 0.3) is 5.91 Å². The molecule has 0 bridgehead atoms. The van der Waals surface area contributed by atoms with Crippen molar-refractivity contribution in [1.29, 1.82) is 0 Å². The number of hydrogen-bond donors (Lipinski definition) is 2. The smallest absolute Gasteiger partial charge is 0.254 e. The summed E-state index contributed by atoms with van der Waals surface area (Å²) in [5.41, 5.74) is 1.12. The molecule has 4 heteroatoms. The second-order valence-corrected chi connectivity index (χ2v) is 3.91. The summed E-state index contributed by atoms with van der Waals surface area (Å²) in [7, 11) is 0. The van der Waals surface area contributed by atoms with E-state index >= 15 is 0 Å². The van der Waals surface area contributed by atoms with Gasteiger partial charge in [-0.1, -0.05) is 6.07 Å². The monoisotopic (exact) mass is 237 g/mol. The molecule has 2 N–H and O–H groups in total. The zero-order valence-electron chi connectivity index (χ0n) is 10.3. The van der Waals surface area contributed by atoms with Gasteiger partial charge < -0.3 is 15.1 Å². The van der Waals surface area contributed by atoms with Gasteiger partial charge in [-0.15, -0.1) is 0 Å². The molecule has 0 aliphatic rings. The number of phenols is 1. The Labute approximate surface area is 101 Å². The fourth-order valence-electron chi connectivity index (χ4n) is 1.69. The summed E-state index contributed by atoms with van der Waals surface area (Å²) in [6.45, 7) is 4.81. The minimum Gasteiger partial charge on any atom is -0.508 e. The molecule has 0 heterocycles. The number of nitrogens with zero attached hydrogens (tertiary/aromatic N) is 1. The summed E-state index contributed by atoms with van der Waals surface area (Å²) in [6, 6.07) is 4.94. The minimum atomic E-state index is -0.102. The van der Waals surface area contributed by atoms with Gasteiger partial charge >= 0.3 is 0 Å². The molecule has 0 atom stereocenters. The number of carbonyl (C=O) groups excluding carboxylic acids is 1. The molecule has 94 valence electrons. The van der Waals surface area contributed by atoms with Crippen molar-refractivity contribution in [3.8, 4) is 5.75 Å². The Hall–Kier alpha value is -1.55. The average molecular weight is 237 g/mol. The molecule has 4 nitrogen and oxygen atoms in total. The molecule has 1 amide bonds. The number of hydrogen-bond acceptors (Lipinski definition) is 3. The largest absolute Gasteiger partial charge is 0.508 e. The van der Waals surface area contributed by atoms with Crippen LogP contribution in [0.3, 0.4) is 0 Å². The van der Waals surface area contributed by atoms with Crippen LogP contribution in [0.25, 0.3) is 0 Å². The molecule has 0 radical (unpaired) electrons. The lowest BCUT2D eigenvalue weighted by molar-refractivity contribution is 0.0753. The van der Waals surface area contributed by atoms with Gasteiger partial charge in [0.2, 0.25) is 0 Å². The number of benzene rings is 1. The summed E-state index contributed by atoms with van der Waals surface area (Å²) in [6.07, 6.45) is 0.567. The van der Waals surface area contributed by atoms with Gasteiger partial charge in [0, 0.05) is 30.8 Å². The van der Waals surface area contributed by atoms with E-state index in [9.17, 15) is 9.90 Å². The van der Waals surface area contributed by atoms with Crippen LogP contribution in [0.5, 0.6) is 5.75 Å². The van der Waals surface area contributed by atoms with Crippen molar-refractivity contribution in [1.82, 2.24) is 4.90 Å². The van der Waals surface area contributed by atoms with Gasteiger partial charge in [-0.25, -0.2) is 0 Å². The van der Waals surface area contributed by atoms with Crippen LogP contribution in [0.1, 0.15) is 29.3 Å². The molecule has 0 saturated carbocycles. The number of aliphatic hydroxyl groups is 1. The summed E-state index contributed by atoms with van der Waals surface area (Å²) >= 11 is 0. The molecule has 0 aliphatic heterocycles. The summed E-state index contributed by atoms with van der Waals surface area (Å²) in [4.78, 5) is 13.9. The molecule has 1 rings (SSSR count). The Balaban J connectivity index is 2.90. The fraction of sp³-hybridized carbons (Fsp3) is 0.462. The Kier molecular flexibility index (Phi) is 4.97. The van der Waals surface area contributed by atoms with Crippen LogP contribution in [-0.2, 0) is 0 Å². The third-order valence-electron chi connectivity index (χ3n) is 2.79. The number of aliphatic hydroxyl groups excluding tert-OH is 1. The Morgan fingerprint density at radius 2 is 2.12 bits per heavy atom. The van der Waals surface area contributed by atoms with E-state index in [-0.39, 0.29) is 18.3 Å². The van der Waals surface area contributed by atoms with E-state index in [2.05, 4.69) is 0 Å². The highest BCUT2D eigenvalue weighted by Gasteiger charge is 2.16. The van der Waals surface area contributed by atoms with E-state index < -0.39 is 0 Å². The summed E-state index contributed by atoms with van der Waals surface area (Å²) < 4.78 is 0. The molecular formula is C13H19NO3. The quantitative estimate of drug-likeness (QED) is 0.816. The van der Waals surface area contributed by atoms with Crippen molar-refractivity contribution in [3.05, 3.63) is 29.3 Å². The molecular weight excluding hydrogens is 218 g/mol. The summed E-state index contributed by atoms with van der Waals surface area (Å²) in [5, 5.41) is 18.4. The van der Waals surface area contributed by atoms with Gasteiger partial charge in [-0.3, -0.25) is 4.79 Å². The molecule has 1 aromatic rings. The van der Waals surface area contributed by atoms with Crippen LogP contribution in [0.4, 0.5) is 0 Å². The molecule has 0 aliphatic carbocycles. The predicted octanol–water partition coefficient (Wildman–Crippen LogP) is 1.55. The normalized spacial score (nSPS) is 10.3. The van der Waals surface area contributed by atoms with Crippen LogP contribution in [0.2, 0.25) is 0 Å². The molecule has 0 unspecified atom stereocenters. The highest BCUT2D eigenvalue weighted by molar-refractivity contribution is 5.96. The van der Waals surface area contributed by atoms with Crippen LogP contribution in [0, 0.1) is 6.92 Å². The van der Waals surface area contributed by atoms with Crippen molar-refractivity contribution >= 4 is 5.91 Å². The SMILES string of the molecule is CCN(CCCO)C(=O)c1cccc(O)c1C. The second-order valence-electron chi connectivity index (χ2n) is 3.91. The number of aromatic hydroxyl groups is 1. The zero-order chi connectivity index (χ0) is 12.8. The second kappa shape index (κ2) is 6.25. The van der Waals surface area contributed by atoms with Gasteiger partial charge in [0.1, 0.15) is 5.75 Å². The molecule has 0 aromatic heterocycles. The Morgan fingerprint density at radius 3 is 2.71 bits per heavy atom. The van der Waals surface area contributed by atoms with Crippen LogP contribution in [-0.4, -0.2) is 40.7 Å². The van der Waals surface area contributed by atoms with Crippen LogP contribution < -0.4 is 0 Å². The van der Waals surface area contributed by atoms with Gasteiger partial charge in [-0.05, 0) is 32.4 Å². The maximum Gasteiger partial charge on any atom is 0.254 e. The third-order valence-corrected chi connectivity index (χ3v) is 2.79. The van der Waals surface area contributed by atoms with Crippen LogP contribution in [0.15, 0.2) is 18.2 Å². The standard InChI is InChI=1S/C13H19NO3/c1-3-14(8-5-9-15)13(17)11-6-4-7-12(16)10(11)2/h4,6-7,15-16H,3,5,8-9H2,1-2H3. The third kappa shape index (κ3) is 3.20. The molecule has 0 saturated heterocycles. The highest BCUT2D eigenvalue weighted by atomic mass is 16.3. The topological polar surface area (TPSA) is 60.8 Å². The fourth-order valence-corrected chi connectivity index (χ4v) is 1.69. The van der Waals surface area contributed by atoms with Crippen LogP contribution >= 0.6 is 0 Å². The maximum absolute atomic E-state index is 12.2. The molecule has 17 heavy (non-hydrogen) atoms. The number of rotatable bonds is 5. The van der Waals surface area contributed by atoms with Crippen molar-refractivity contribution in [2.75, 3.05) is 19.7 Å². The lowest BCUT2D eigenvalue weighted by atomic mass is 10.1. The summed E-state index contributed by atoms with van der Waals surface area (Å²) in [5.74, 6) is 0.0309. The van der Waals surface area contributed by atoms with E-state index in [0.29, 0.717) is 30.6 Å². The Bertz CT molecular complexity index is 390. The first-order valence-electron chi connectivity index (χ1n) is 5.80. The van der Waals surface area contributed by atoms with Crippen molar-refractivity contribution in [2.24, 2.45) is 0 Å². The van der Waals surface area contributed by atoms with E-state index in [1.165, 1.54) is 0 Å². The van der Waals surface area contributed by atoms with Crippen molar-refractivity contribution in [3.63, 3.8) is 0 Å². The van der Waals surface area contributed by atoms with E-state index in [1.807, 2.05) is 6.92 Å². The first-order chi connectivity index (χ1) is 8.11. The molecule has 0 spiro atoms. The predicted molar refractivity (Wildman–Crippen MR) is 66.1 cm³/mol. The number of phenolic OH excluding ortho intramolecular Hbond substituents is 1. The molecule has 1 aromatic carbocycles. The average Bonchev–Trinajstić information content (AvgIpc) is 2.33. The van der Waals surface area contributed by atoms with Gasteiger partial charge in [0.05, 0.1) is 0 Å². The first-order valence-corrected chi connectivity index (χ1v) is 5.80. The maximum atomic E-state index is 12.2. The van der Waals surface area contributed by atoms with Gasteiger partial charge in [0.15, 0.2) is 0 Å². The molecule has 0 fully saturated rings. The Morgan fingerprint density at radius 1 is 1.41 bits per heavy atom.